The van der Waals surface area contributed by atoms with Crippen molar-refractivity contribution in [2.24, 2.45) is 0 Å². The first-order valence-electron chi connectivity index (χ1n) is 8.47. The molecule has 2 rings (SSSR count). The van der Waals surface area contributed by atoms with Crippen molar-refractivity contribution in [2.75, 3.05) is 24.1 Å². The van der Waals surface area contributed by atoms with E-state index in [1.54, 1.807) is 24.3 Å². The van der Waals surface area contributed by atoms with Gasteiger partial charge in [-0.3, -0.25) is 9.52 Å². The molecule has 0 aliphatic rings. The fourth-order valence-electron chi connectivity index (χ4n) is 2.37. The van der Waals surface area contributed by atoms with Gasteiger partial charge >= 0.3 is 0 Å². The molecule has 0 aliphatic carbocycles. The van der Waals surface area contributed by atoms with E-state index in [1.807, 2.05) is 12.1 Å². The molecule has 0 bridgehead atoms. The van der Waals surface area contributed by atoms with Gasteiger partial charge in [-0.15, -0.1) is 0 Å². The Morgan fingerprint density at radius 2 is 1.67 bits per heavy atom. The first-order chi connectivity index (χ1) is 12.8. The standard InChI is InChI=1S/C19H23FN2O4S/c1-27(24,25)22-18-10-6-15(7-11-18)3-2-12-21-19(23)14-26-13-16-4-8-17(20)9-5-16/h4-11,22H,2-3,12-14H2,1H3,(H,21,23). The number of hydrogen-bond acceptors (Lipinski definition) is 4. The van der Waals surface area contributed by atoms with Crippen molar-refractivity contribution in [2.45, 2.75) is 19.4 Å². The van der Waals surface area contributed by atoms with Gasteiger partial charge in [0.2, 0.25) is 15.9 Å². The van der Waals surface area contributed by atoms with Gasteiger partial charge in [-0.05, 0) is 48.2 Å². The lowest BCUT2D eigenvalue weighted by molar-refractivity contribution is -0.126. The summed E-state index contributed by atoms with van der Waals surface area (Å²) in [7, 11) is -3.27. The second-order valence-corrected chi connectivity index (χ2v) is 7.89. The predicted molar refractivity (Wildman–Crippen MR) is 102 cm³/mol. The maximum Gasteiger partial charge on any atom is 0.246 e. The van der Waals surface area contributed by atoms with Crippen LogP contribution in [0.1, 0.15) is 17.5 Å². The summed E-state index contributed by atoms with van der Waals surface area (Å²) in [6, 6.07) is 13.0. The van der Waals surface area contributed by atoms with Crippen LogP contribution in [0.5, 0.6) is 0 Å². The number of aryl methyl sites for hydroxylation is 1. The number of anilines is 1. The maximum absolute atomic E-state index is 12.8. The molecule has 2 aromatic rings. The minimum atomic E-state index is -3.27. The van der Waals surface area contributed by atoms with Gasteiger partial charge in [-0.2, -0.15) is 0 Å². The highest BCUT2D eigenvalue weighted by molar-refractivity contribution is 7.92. The normalized spacial score (nSPS) is 11.2. The van der Waals surface area contributed by atoms with Crippen LogP contribution in [0.3, 0.4) is 0 Å². The van der Waals surface area contributed by atoms with E-state index in [2.05, 4.69) is 10.0 Å². The largest absolute Gasteiger partial charge is 0.367 e. The number of carbonyl (C=O) groups is 1. The highest BCUT2D eigenvalue weighted by Gasteiger charge is 2.03. The number of ether oxygens (including phenoxy) is 1. The van der Waals surface area contributed by atoms with Gasteiger partial charge in [-0.25, -0.2) is 12.8 Å². The first kappa shape index (κ1) is 20.9. The highest BCUT2D eigenvalue weighted by Crippen LogP contribution is 2.12. The van der Waals surface area contributed by atoms with Crippen LogP contribution in [0.4, 0.5) is 10.1 Å². The van der Waals surface area contributed by atoms with Gasteiger partial charge in [0.25, 0.3) is 0 Å². The van der Waals surface area contributed by atoms with E-state index >= 15 is 0 Å². The van der Waals surface area contributed by atoms with Gasteiger partial charge in [-0.1, -0.05) is 24.3 Å². The van der Waals surface area contributed by atoms with Crippen LogP contribution in [-0.4, -0.2) is 33.7 Å². The second kappa shape index (κ2) is 10.0. The fraction of sp³-hybridized carbons (Fsp3) is 0.316. The molecule has 6 nitrogen and oxygen atoms in total. The molecule has 0 radical (unpaired) electrons. The van der Waals surface area contributed by atoms with Crippen LogP contribution in [-0.2, 0) is 32.6 Å². The Morgan fingerprint density at radius 3 is 2.30 bits per heavy atom. The topological polar surface area (TPSA) is 84.5 Å². The Kier molecular flexibility index (Phi) is 7.75. The molecule has 146 valence electrons. The summed E-state index contributed by atoms with van der Waals surface area (Å²) >= 11 is 0. The van der Waals surface area contributed by atoms with E-state index in [1.165, 1.54) is 12.1 Å². The molecule has 0 saturated heterocycles. The SMILES string of the molecule is CS(=O)(=O)Nc1ccc(CCCNC(=O)COCc2ccc(F)cc2)cc1. The van der Waals surface area contributed by atoms with Crippen molar-refractivity contribution in [3.8, 4) is 0 Å². The third kappa shape index (κ3) is 8.65. The summed E-state index contributed by atoms with van der Waals surface area (Å²) in [5, 5.41) is 2.78. The van der Waals surface area contributed by atoms with E-state index in [-0.39, 0.29) is 24.9 Å². The second-order valence-electron chi connectivity index (χ2n) is 6.14. The van der Waals surface area contributed by atoms with E-state index in [9.17, 15) is 17.6 Å². The van der Waals surface area contributed by atoms with Crippen LogP contribution >= 0.6 is 0 Å². The Morgan fingerprint density at radius 1 is 1.04 bits per heavy atom. The Bertz CT molecular complexity index is 837. The molecule has 0 saturated carbocycles. The molecule has 8 heteroatoms. The van der Waals surface area contributed by atoms with Crippen LogP contribution in [0.2, 0.25) is 0 Å². The minimum Gasteiger partial charge on any atom is -0.367 e. The molecular formula is C19H23FN2O4S. The molecule has 0 aromatic heterocycles. The number of amides is 1. The molecule has 27 heavy (non-hydrogen) atoms. The third-order valence-corrected chi connectivity index (χ3v) is 4.24. The third-order valence-electron chi connectivity index (χ3n) is 3.64. The summed E-state index contributed by atoms with van der Waals surface area (Å²) < 4.78 is 42.8. The van der Waals surface area contributed by atoms with Crippen LogP contribution < -0.4 is 10.0 Å². The van der Waals surface area contributed by atoms with Crippen LogP contribution in [0, 0.1) is 5.82 Å². The first-order valence-corrected chi connectivity index (χ1v) is 10.4. The smallest absolute Gasteiger partial charge is 0.246 e. The van der Waals surface area contributed by atoms with Crippen molar-refractivity contribution < 1.29 is 22.3 Å². The molecule has 1 amide bonds. The quantitative estimate of drug-likeness (QED) is 0.607. The van der Waals surface area contributed by atoms with Crippen molar-refractivity contribution in [3.63, 3.8) is 0 Å². The minimum absolute atomic E-state index is 0.0523. The summed E-state index contributed by atoms with van der Waals surface area (Å²) in [6.07, 6.45) is 2.62. The van der Waals surface area contributed by atoms with Crippen molar-refractivity contribution in [3.05, 3.63) is 65.5 Å². The van der Waals surface area contributed by atoms with E-state index in [0.29, 0.717) is 12.2 Å². The lowest BCUT2D eigenvalue weighted by Gasteiger charge is -2.08. The zero-order valence-electron chi connectivity index (χ0n) is 15.1. The molecule has 0 fully saturated rings. The molecule has 0 unspecified atom stereocenters. The van der Waals surface area contributed by atoms with Crippen LogP contribution in [0.15, 0.2) is 48.5 Å². The number of hydrogen-bond donors (Lipinski definition) is 2. The molecule has 2 N–H and O–H groups in total. The molecule has 0 aliphatic heterocycles. The number of carbonyl (C=O) groups excluding carboxylic acids is 1. The monoisotopic (exact) mass is 394 g/mol. The Hall–Kier alpha value is -2.45. The summed E-state index contributed by atoms with van der Waals surface area (Å²) in [6.45, 7) is 0.715. The summed E-state index contributed by atoms with van der Waals surface area (Å²) in [5.74, 6) is -0.511. The van der Waals surface area contributed by atoms with Gasteiger partial charge in [0.05, 0.1) is 12.9 Å². The molecular weight excluding hydrogens is 371 g/mol. The van der Waals surface area contributed by atoms with E-state index in [4.69, 9.17) is 4.74 Å². The van der Waals surface area contributed by atoms with Gasteiger partial charge in [0.1, 0.15) is 12.4 Å². The van der Waals surface area contributed by atoms with Crippen molar-refractivity contribution in [1.82, 2.24) is 5.32 Å². The lowest BCUT2D eigenvalue weighted by Crippen LogP contribution is -2.28. The average molecular weight is 394 g/mol. The fourth-order valence-corrected chi connectivity index (χ4v) is 2.93. The molecule has 0 heterocycles. The maximum atomic E-state index is 12.8. The summed E-state index contributed by atoms with van der Waals surface area (Å²) in [5.41, 5.74) is 2.38. The number of rotatable bonds is 10. The van der Waals surface area contributed by atoms with Crippen molar-refractivity contribution >= 4 is 21.6 Å². The molecule has 0 atom stereocenters. The van der Waals surface area contributed by atoms with E-state index in [0.717, 1.165) is 30.2 Å². The molecule has 2 aromatic carbocycles. The number of sulfonamides is 1. The van der Waals surface area contributed by atoms with Crippen molar-refractivity contribution in [1.29, 1.82) is 0 Å². The van der Waals surface area contributed by atoms with Crippen LogP contribution in [0.25, 0.3) is 0 Å². The van der Waals surface area contributed by atoms with Gasteiger partial charge in [0, 0.05) is 12.2 Å². The van der Waals surface area contributed by atoms with Gasteiger partial charge < -0.3 is 10.1 Å². The zero-order valence-corrected chi connectivity index (χ0v) is 15.9. The number of nitrogens with one attached hydrogen (secondary N) is 2. The highest BCUT2D eigenvalue weighted by atomic mass is 32.2. The Labute approximate surface area is 158 Å². The Balaban J connectivity index is 1.60. The number of halogens is 1. The average Bonchev–Trinajstić information content (AvgIpc) is 2.60. The lowest BCUT2D eigenvalue weighted by atomic mass is 10.1. The predicted octanol–water partition coefficient (Wildman–Crippen LogP) is 2.46. The zero-order chi connectivity index (χ0) is 19.7. The summed E-state index contributed by atoms with van der Waals surface area (Å²) in [4.78, 5) is 11.7. The molecule has 0 spiro atoms. The van der Waals surface area contributed by atoms with E-state index < -0.39 is 10.0 Å². The van der Waals surface area contributed by atoms with Gasteiger partial charge in [0.15, 0.2) is 0 Å². The number of benzene rings is 2.